The van der Waals surface area contributed by atoms with Crippen molar-refractivity contribution < 1.29 is 9.90 Å². The van der Waals surface area contributed by atoms with Crippen LogP contribution in [0.25, 0.3) is 0 Å². The Balaban J connectivity index is 2.77. The van der Waals surface area contributed by atoms with E-state index in [1.807, 2.05) is 25.1 Å². The Morgan fingerprint density at radius 3 is 2.80 bits per heavy atom. The predicted octanol–water partition coefficient (Wildman–Crippen LogP) is 0.840. The largest absolute Gasteiger partial charge is 0.395 e. The molecule has 0 aliphatic rings. The number of nitrogens with one attached hydrogen (secondary N) is 2. The van der Waals surface area contributed by atoms with E-state index in [1.54, 1.807) is 6.07 Å². The maximum atomic E-state index is 11.6. The Kier molecular flexibility index (Phi) is 4.63. The van der Waals surface area contributed by atoms with Gasteiger partial charge in [-0.25, -0.2) is 0 Å². The molecule has 0 radical (unpaired) electrons. The van der Waals surface area contributed by atoms with Crippen LogP contribution in [-0.4, -0.2) is 30.7 Å². The Hall–Kier alpha value is -1.55. The lowest BCUT2D eigenvalue weighted by atomic mass is 10.1. The van der Waals surface area contributed by atoms with Gasteiger partial charge in [0.25, 0.3) is 5.91 Å². The number of hydrogen-bond donors (Lipinski definition) is 3. The molecule has 0 unspecified atom stereocenters. The second-order valence-electron chi connectivity index (χ2n) is 3.06. The number of benzene rings is 1. The van der Waals surface area contributed by atoms with Crippen molar-refractivity contribution in [3.05, 3.63) is 29.8 Å². The van der Waals surface area contributed by atoms with Crippen molar-refractivity contribution >= 4 is 11.6 Å². The maximum absolute atomic E-state index is 11.6. The minimum Gasteiger partial charge on any atom is -0.395 e. The first kappa shape index (κ1) is 11.5. The summed E-state index contributed by atoms with van der Waals surface area (Å²) in [5, 5.41) is 14.3. The van der Waals surface area contributed by atoms with Crippen LogP contribution >= 0.6 is 0 Å². The van der Waals surface area contributed by atoms with Crippen LogP contribution in [0, 0.1) is 0 Å². The van der Waals surface area contributed by atoms with E-state index in [1.165, 1.54) is 0 Å². The number of carbonyl (C=O) groups excluding carboxylic acids is 1. The zero-order chi connectivity index (χ0) is 11.1. The lowest BCUT2D eigenvalue weighted by molar-refractivity contribution is 0.0945. The van der Waals surface area contributed by atoms with E-state index >= 15 is 0 Å². The molecule has 0 spiro atoms. The molecule has 0 aliphatic carbocycles. The first-order chi connectivity index (χ1) is 7.29. The molecule has 1 amide bonds. The minimum absolute atomic E-state index is 0.0465. The summed E-state index contributed by atoms with van der Waals surface area (Å²) in [6.07, 6.45) is 0. The first-order valence-corrected chi connectivity index (χ1v) is 5.01. The van der Waals surface area contributed by atoms with Gasteiger partial charge in [0.1, 0.15) is 0 Å². The van der Waals surface area contributed by atoms with E-state index in [-0.39, 0.29) is 19.1 Å². The predicted molar refractivity (Wildman–Crippen MR) is 60.0 cm³/mol. The highest BCUT2D eigenvalue weighted by Gasteiger charge is 2.08. The summed E-state index contributed by atoms with van der Waals surface area (Å²) < 4.78 is 0. The fourth-order valence-electron chi connectivity index (χ4n) is 1.29. The SMILES string of the molecule is CCNc1ccccc1C(=O)NCCO. The molecule has 0 fully saturated rings. The van der Waals surface area contributed by atoms with E-state index in [0.29, 0.717) is 5.56 Å². The molecule has 1 aromatic carbocycles. The van der Waals surface area contributed by atoms with Gasteiger partial charge < -0.3 is 15.7 Å². The van der Waals surface area contributed by atoms with Gasteiger partial charge in [0.15, 0.2) is 0 Å². The monoisotopic (exact) mass is 208 g/mol. The summed E-state index contributed by atoms with van der Waals surface area (Å²) in [5.41, 5.74) is 1.42. The molecule has 82 valence electrons. The number of aliphatic hydroxyl groups is 1. The number of aliphatic hydroxyl groups excluding tert-OH is 1. The number of carbonyl (C=O) groups is 1. The standard InChI is InChI=1S/C11H16N2O2/c1-2-12-10-6-4-3-5-9(10)11(15)13-7-8-14/h3-6,12,14H,2,7-8H2,1H3,(H,13,15). The smallest absolute Gasteiger partial charge is 0.253 e. The third-order valence-corrected chi connectivity index (χ3v) is 1.94. The van der Waals surface area contributed by atoms with Crippen molar-refractivity contribution in [2.75, 3.05) is 25.0 Å². The molecular formula is C11H16N2O2. The van der Waals surface area contributed by atoms with E-state index in [9.17, 15) is 4.79 Å². The van der Waals surface area contributed by atoms with E-state index in [0.717, 1.165) is 12.2 Å². The molecule has 0 saturated carbocycles. The molecule has 0 atom stereocenters. The lowest BCUT2D eigenvalue weighted by Gasteiger charge is -2.10. The Morgan fingerprint density at radius 1 is 1.40 bits per heavy atom. The fourth-order valence-corrected chi connectivity index (χ4v) is 1.29. The van der Waals surface area contributed by atoms with Gasteiger partial charge in [0.05, 0.1) is 12.2 Å². The second-order valence-corrected chi connectivity index (χ2v) is 3.06. The Labute approximate surface area is 89.3 Å². The topological polar surface area (TPSA) is 61.4 Å². The van der Waals surface area contributed by atoms with Crippen LogP contribution in [0.1, 0.15) is 17.3 Å². The summed E-state index contributed by atoms with van der Waals surface area (Å²) in [6, 6.07) is 7.30. The van der Waals surface area contributed by atoms with Crippen LogP contribution in [0.5, 0.6) is 0 Å². The van der Waals surface area contributed by atoms with Gasteiger partial charge in [-0.2, -0.15) is 0 Å². The molecule has 0 aromatic heterocycles. The molecule has 3 N–H and O–H groups in total. The van der Waals surface area contributed by atoms with E-state index < -0.39 is 0 Å². The van der Waals surface area contributed by atoms with Gasteiger partial charge in [0, 0.05) is 18.8 Å². The highest BCUT2D eigenvalue weighted by molar-refractivity contribution is 5.99. The van der Waals surface area contributed by atoms with Gasteiger partial charge in [-0.15, -0.1) is 0 Å². The third-order valence-electron chi connectivity index (χ3n) is 1.94. The normalized spacial score (nSPS) is 9.73. The van der Waals surface area contributed by atoms with Crippen molar-refractivity contribution in [1.29, 1.82) is 0 Å². The lowest BCUT2D eigenvalue weighted by Crippen LogP contribution is -2.27. The van der Waals surface area contributed by atoms with Crippen LogP contribution in [0.4, 0.5) is 5.69 Å². The van der Waals surface area contributed by atoms with Crippen molar-refractivity contribution in [2.45, 2.75) is 6.92 Å². The average Bonchev–Trinajstić information content (AvgIpc) is 2.27. The average molecular weight is 208 g/mol. The molecule has 0 aliphatic heterocycles. The van der Waals surface area contributed by atoms with Crippen molar-refractivity contribution in [3.8, 4) is 0 Å². The summed E-state index contributed by atoms with van der Waals surface area (Å²) in [5.74, 6) is -0.166. The first-order valence-electron chi connectivity index (χ1n) is 5.01. The fraction of sp³-hybridized carbons (Fsp3) is 0.364. The summed E-state index contributed by atoms with van der Waals surface area (Å²) in [6.45, 7) is 2.97. The minimum atomic E-state index is -0.166. The summed E-state index contributed by atoms with van der Waals surface area (Å²) >= 11 is 0. The van der Waals surface area contributed by atoms with E-state index in [2.05, 4.69) is 10.6 Å². The highest BCUT2D eigenvalue weighted by atomic mass is 16.3. The third kappa shape index (κ3) is 3.25. The van der Waals surface area contributed by atoms with Crippen LogP contribution in [0.2, 0.25) is 0 Å². The van der Waals surface area contributed by atoms with Crippen LogP contribution < -0.4 is 10.6 Å². The van der Waals surface area contributed by atoms with Gasteiger partial charge in [-0.05, 0) is 19.1 Å². The molecule has 0 heterocycles. The number of amides is 1. The zero-order valence-electron chi connectivity index (χ0n) is 8.79. The van der Waals surface area contributed by atoms with Gasteiger partial charge >= 0.3 is 0 Å². The van der Waals surface area contributed by atoms with Crippen molar-refractivity contribution in [1.82, 2.24) is 5.32 Å². The summed E-state index contributed by atoms with van der Waals surface area (Å²) in [4.78, 5) is 11.6. The maximum Gasteiger partial charge on any atom is 0.253 e. The van der Waals surface area contributed by atoms with Crippen LogP contribution in [0.3, 0.4) is 0 Å². The molecule has 0 saturated heterocycles. The van der Waals surface area contributed by atoms with Gasteiger partial charge in [-0.3, -0.25) is 4.79 Å². The molecule has 0 bridgehead atoms. The molecule has 15 heavy (non-hydrogen) atoms. The highest BCUT2D eigenvalue weighted by Crippen LogP contribution is 2.14. The Bertz CT molecular complexity index is 326. The second kappa shape index (κ2) is 6.03. The zero-order valence-corrected chi connectivity index (χ0v) is 8.79. The molecule has 1 aromatic rings. The summed E-state index contributed by atoms with van der Waals surface area (Å²) in [7, 11) is 0. The Morgan fingerprint density at radius 2 is 2.13 bits per heavy atom. The van der Waals surface area contributed by atoms with Crippen LogP contribution in [-0.2, 0) is 0 Å². The molecular weight excluding hydrogens is 192 g/mol. The molecule has 1 rings (SSSR count). The number of rotatable bonds is 5. The number of hydrogen-bond acceptors (Lipinski definition) is 3. The quantitative estimate of drug-likeness (QED) is 0.672. The van der Waals surface area contributed by atoms with Gasteiger partial charge in [0.2, 0.25) is 0 Å². The number of para-hydroxylation sites is 1. The van der Waals surface area contributed by atoms with E-state index in [4.69, 9.17) is 5.11 Å². The molecule has 4 nitrogen and oxygen atoms in total. The van der Waals surface area contributed by atoms with Gasteiger partial charge in [-0.1, -0.05) is 12.1 Å². The molecule has 4 heteroatoms. The van der Waals surface area contributed by atoms with Crippen molar-refractivity contribution in [3.63, 3.8) is 0 Å². The van der Waals surface area contributed by atoms with Crippen molar-refractivity contribution in [2.24, 2.45) is 0 Å². The van der Waals surface area contributed by atoms with Crippen LogP contribution in [0.15, 0.2) is 24.3 Å². The number of anilines is 1.